The smallest absolute Gasteiger partial charge is 0.252 e. The Morgan fingerprint density at radius 2 is 2.19 bits per heavy atom. The molecule has 0 unspecified atom stereocenters. The van der Waals surface area contributed by atoms with Crippen molar-refractivity contribution in [3.05, 3.63) is 41.4 Å². The van der Waals surface area contributed by atoms with Gasteiger partial charge < -0.3 is 10.6 Å². The molecule has 4 nitrogen and oxygen atoms in total. The number of hydrogen-bond acceptors (Lipinski definition) is 3. The van der Waals surface area contributed by atoms with Crippen molar-refractivity contribution in [1.29, 1.82) is 0 Å². The van der Waals surface area contributed by atoms with E-state index < -0.39 is 0 Å². The predicted molar refractivity (Wildman–Crippen MR) is 90.2 cm³/mol. The Labute approximate surface area is 134 Å². The predicted octanol–water partition coefficient (Wildman–Crippen LogP) is 3.34. The maximum absolute atomic E-state index is 11.8. The molecule has 114 valence electrons. The highest BCUT2D eigenvalue weighted by atomic mass is 35.5. The second kappa shape index (κ2) is 9.47. The van der Waals surface area contributed by atoms with Gasteiger partial charge in [-0.3, -0.25) is 9.59 Å². The van der Waals surface area contributed by atoms with Crippen LogP contribution in [0.25, 0.3) is 0 Å². The number of carbonyl (C=O) groups excluding carboxylic acids is 2. The van der Waals surface area contributed by atoms with E-state index in [2.05, 4.69) is 17.2 Å². The number of carbonyl (C=O) groups is 2. The number of amides is 2. The maximum Gasteiger partial charge on any atom is 0.252 e. The van der Waals surface area contributed by atoms with Gasteiger partial charge in [-0.25, -0.2) is 0 Å². The molecule has 2 amide bonds. The van der Waals surface area contributed by atoms with Gasteiger partial charge in [0.25, 0.3) is 5.91 Å². The van der Waals surface area contributed by atoms with Crippen molar-refractivity contribution in [2.45, 2.75) is 13.3 Å². The van der Waals surface area contributed by atoms with Gasteiger partial charge in [0.2, 0.25) is 5.91 Å². The first-order valence-electron chi connectivity index (χ1n) is 6.64. The molecular weight excluding hydrogens is 308 g/mol. The lowest BCUT2D eigenvalue weighted by atomic mass is 10.2. The van der Waals surface area contributed by atoms with Crippen molar-refractivity contribution in [2.75, 3.05) is 23.4 Å². The Hall–Kier alpha value is -1.46. The number of anilines is 1. The summed E-state index contributed by atoms with van der Waals surface area (Å²) in [5.41, 5.74) is 0.986. The average molecular weight is 327 g/mol. The molecule has 0 aliphatic rings. The summed E-state index contributed by atoms with van der Waals surface area (Å²) in [6, 6.07) is 4.86. The highest BCUT2D eigenvalue weighted by Crippen LogP contribution is 2.21. The van der Waals surface area contributed by atoms with Crippen molar-refractivity contribution in [2.24, 2.45) is 0 Å². The van der Waals surface area contributed by atoms with E-state index in [0.717, 1.165) is 12.2 Å². The Morgan fingerprint density at radius 3 is 2.81 bits per heavy atom. The van der Waals surface area contributed by atoms with Crippen molar-refractivity contribution < 1.29 is 9.59 Å². The van der Waals surface area contributed by atoms with E-state index in [4.69, 9.17) is 11.6 Å². The molecule has 1 aromatic rings. The third kappa shape index (κ3) is 6.23. The van der Waals surface area contributed by atoms with Crippen molar-refractivity contribution in [1.82, 2.24) is 5.32 Å². The zero-order valence-corrected chi connectivity index (χ0v) is 13.5. The summed E-state index contributed by atoms with van der Waals surface area (Å²) in [6.07, 6.45) is 2.61. The minimum Gasteiger partial charge on any atom is -0.352 e. The van der Waals surface area contributed by atoms with E-state index in [1.165, 1.54) is 11.8 Å². The Balaban J connectivity index is 2.63. The molecule has 0 saturated carbocycles. The zero-order chi connectivity index (χ0) is 15.7. The molecule has 0 aromatic heterocycles. The Morgan fingerprint density at radius 1 is 1.43 bits per heavy atom. The molecule has 0 fully saturated rings. The molecule has 0 atom stereocenters. The van der Waals surface area contributed by atoms with Gasteiger partial charge in [-0.05, 0) is 24.6 Å². The van der Waals surface area contributed by atoms with Crippen molar-refractivity contribution in [3.63, 3.8) is 0 Å². The molecule has 0 aliphatic heterocycles. The van der Waals surface area contributed by atoms with Crippen LogP contribution in [-0.2, 0) is 4.79 Å². The van der Waals surface area contributed by atoms with Crippen LogP contribution in [0.15, 0.2) is 30.9 Å². The summed E-state index contributed by atoms with van der Waals surface area (Å²) in [6.45, 7) is 6.18. The minimum atomic E-state index is -0.207. The zero-order valence-electron chi connectivity index (χ0n) is 11.9. The monoisotopic (exact) mass is 326 g/mol. The Kier molecular flexibility index (Phi) is 7.93. The summed E-state index contributed by atoms with van der Waals surface area (Å²) in [5, 5.41) is 5.82. The normalized spacial score (nSPS) is 10.0. The quantitative estimate of drug-likeness (QED) is 0.569. The molecular formula is C15H19ClN2O2S. The van der Waals surface area contributed by atoms with E-state index in [1.54, 1.807) is 24.3 Å². The number of rotatable bonds is 8. The van der Waals surface area contributed by atoms with E-state index in [9.17, 15) is 9.59 Å². The molecule has 0 saturated heterocycles. The van der Waals surface area contributed by atoms with Crippen molar-refractivity contribution >= 4 is 40.9 Å². The van der Waals surface area contributed by atoms with Crippen LogP contribution in [0, 0.1) is 0 Å². The molecule has 0 radical (unpaired) electrons. The van der Waals surface area contributed by atoms with Crippen LogP contribution in [0.2, 0.25) is 5.02 Å². The summed E-state index contributed by atoms with van der Waals surface area (Å²) < 4.78 is 0. The van der Waals surface area contributed by atoms with Gasteiger partial charge in [-0.1, -0.05) is 24.6 Å². The number of benzene rings is 1. The molecule has 1 aromatic carbocycles. The molecule has 6 heteroatoms. The second-order valence-electron chi connectivity index (χ2n) is 4.30. The topological polar surface area (TPSA) is 58.2 Å². The van der Waals surface area contributed by atoms with Crippen LogP contribution in [0.4, 0.5) is 5.69 Å². The summed E-state index contributed by atoms with van der Waals surface area (Å²) in [4.78, 5) is 23.5. The fourth-order valence-corrected chi connectivity index (χ4v) is 2.35. The van der Waals surface area contributed by atoms with Gasteiger partial charge in [-0.2, -0.15) is 0 Å². The van der Waals surface area contributed by atoms with Crippen LogP contribution in [0.5, 0.6) is 0 Å². The van der Waals surface area contributed by atoms with Gasteiger partial charge in [-0.15, -0.1) is 18.3 Å². The first-order chi connectivity index (χ1) is 10.1. The van der Waals surface area contributed by atoms with Gasteiger partial charge in [0, 0.05) is 18.0 Å². The van der Waals surface area contributed by atoms with E-state index >= 15 is 0 Å². The number of nitrogens with one attached hydrogen (secondary N) is 2. The number of hydrogen-bond donors (Lipinski definition) is 2. The van der Waals surface area contributed by atoms with Crippen LogP contribution >= 0.6 is 23.4 Å². The second-order valence-corrected chi connectivity index (χ2v) is 5.74. The molecule has 2 N–H and O–H groups in total. The lowest BCUT2D eigenvalue weighted by molar-refractivity contribution is -0.113. The standard InChI is InChI=1S/C15H19ClN2O2S/c1-3-7-17-15(20)12-6-5-11(9-13(12)16)18-14(19)10-21-8-4-2/h4-6,9H,2-3,7-8,10H2,1H3,(H,17,20)(H,18,19). The van der Waals surface area contributed by atoms with Crippen LogP contribution < -0.4 is 10.6 Å². The summed E-state index contributed by atoms with van der Waals surface area (Å²) in [5.74, 6) is 0.759. The largest absolute Gasteiger partial charge is 0.352 e. The molecule has 0 heterocycles. The highest BCUT2D eigenvalue weighted by molar-refractivity contribution is 8.00. The SMILES string of the molecule is C=CCSCC(=O)Nc1ccc(C(=O)NCCC)c(Cl)c1. The van der Waals surface area contributed by atoms with Crippen LogP contribution in [-0.4, -0.2) is 29.9 Å². The first-order valence-corrected chi connectivity index (χ1v) is 8.18. The van der Waals surface area contributed by atoms with Gasteiger partial charge in [0.15, 0.2) is 0 Å². The van der Waals surface area contributed by atoms with Gasteiger partial charge in [0.1, 0.15) is 0 Å². The van der Waals surface area contributed by atoms with E-state index in [0.29, 0.717) is 28.6 Å². The van der Waals surface area contributed by atoms with E-state index in [-0.39, 0.29) is 11.8 Å². The van der Waals surface area contributed by atoms with E-state index in [1.807, 2.05) is 6.92 Å². The maximum atomic E-state index is 11.8. The molecule has 0 spiro atoms. The summed E-state index contributed by atoms with van der Waals surface area (Å²) in [7, 11) is 0. The highest BCUT2D eigenvalue weighted by Gasteiger charge is 2.11. The Bertz CT molecular complexity index is 520. The van der Waals surface area contributed by atoms with Crippen LogP contribution in [0.1, 0.15) is 23.7 Å². The average Bonchev–Trinajstić information content (AvgIpc) is 2.45. The van der Waals surface area contributed by atoms with Crippen LogP contribution in [0.3, 0.4) is 0 Å². The summed E-state index contributed by atoms with van der Waals surface area (Å²) >= 11 is 7.56. The number of halogens is 1. The minimum absolute atomic E-state index is 0.110. The third-order valence-electron chi connectivity index (χ3n) is 2.50. The fraction of sp³-hybridized carbons (Fsp3) is 0.333. The lowest BCUT2D eigenvalue weighted by Gasteiger charge is -2.09. The molecule has 1 rings (SSSR count). The molecule has 0 bridgehead atoms. The van der Waals surface area contributed by atoms with Gasteiger partial charge in [0.05, 0.1) is 16.3 Å². The molecule has 21 heavy (non-hydrogen) atoms. The first kappa shape index (κ1) is 17.6. The fourth-order valence-electron chi connectivity index (χ4n) is 1.54. The number of thioether (sulfide) groups is 1. The molecule has 0 aliphatic carbocycles. The van der Waals surface area contributed by atoms with Crippen molar-refractivity contribution in [3.8, 4) is 0 Å². The third-order valence-corrected chi connectivity index (χ3v) is 3.75. The van der Waals surface area contributed by atoms with Gasteiger partial charge >= 0.3 is 0 Å². The lowest BCUT2D eigenvalue weighted by Crippen LogP contribution is -2.24.